The van der Waals surface area contributed by atoms with Crippen LogP contribution < -0.4 is 0 Å². The zero-order valence-electron chi connectivity index (χ0n) is 23.2. The Morgan fingerprint density at radius 2 is 1.21 bits per heavy atom. The van der Waals surface area contributed by atoms with Crippen molar-refractivity contribution in [1.29, 1.82) is 0 Å². The molecule has 0 bridgehead atoms. The van der Waals surface area contributed by atoms with Crippen LogP contribution in [0.4, 0.5) is 0 Å². The van der Waals surface area contributed by atoms with E-state index in [1.165, 1.54) is 41.5 Å². The minimum atomic E-state index is 0.148. The number of rotatable bonds is 1. The average molecular weight is 453 g/mol. The summed E-state index contributed by atoms with van der Waals surface area (Å²) in [7, 11) is 0. The molecule has 0 saturated carbocycles. The summed E-state index contributed by atoms with van der Waals surface area (Å²) in [6.45, 7) is 23.8. The van der Waals surface area contributed by atoms with Gasteiger partial charge in [0.1, 0.15) is 0 Å². The lowest BCUT2D eigenvalue weighted by atomic mass is 9.66. The fraction of sp³-hybridized carbons (Fsp3) is 0.529. The quantitative estimate of drug-likeness (QED) is 0.404. The lowest BCUT2D eigenvalue weighted by Crippen LogP contribution is -2.25. The lowest BCUT2D eigenvalue weighted by Gasteiger charge is -2.36. The molecule has 1 atom stereocenters. The summed E-state index contributed by atoms with van der Waals surface area (Å²) in [5, 5.41) is 0. The van der Waals surface area contributed by atoms with Crippen LogP contribution in [0.5, 0.6) is 0 Å². The van der Waals surface area contributed by atoms with Crippen molar-refractivity contribution in [3.05, 3.63) is 81.4 Å². The van der Waals surface area contributed by atoms with Gasteiger partial charge in [-0.3, -0.25) is 0 Å². The Kier molecular flexibility index (Phi) is 5.02. The first-order valence-electron chi connectivity index (χ1n) is 13.3. The van der Waals surface area contributed by atoms with Gasteiger partial charge in [0.05, 0.1) is 0 Å². The Morgan fingerprint density at radius 3 is 1.65 bits per heavy atom. The molecule has 3 aliphatic carbocycles. The molecule has 0 N–H and O–H groups in total. The SMILES string of the molecule is CC(C)(C)C1=CC2=C(CCC2(C)C2c3cc(C(C)(C)C)ccc3-c3ccc(C(C)(C)C)cc32)C1. The van der Waals surface area contributed by atoms with Crippen LogP contribution in [0.2, 0.25) is 0 Å². The van der Waals surface area contributed by atoms with E-state index in [1.54, 1.807) is 27.8 Å². The molecule has 3 aliphatic rings. The van der Waals surface area contributed by atoms with Crippen molar-refractivity contribution in [1.82, 2.24) is 0 Å². The third kappa shape index (κ3) is 3.55. The van der Waals surface area contributed by atoms with Crippen LogP contribution in [-0.4, -0.2) is 0 Å². The minimum absolute atomic E-state index is 0.148. The van der Waals surface area contributed by atoms with Crippen LogP contribution in [0, 0.1) is 10.8 Å². The molecule has 2 aromatic carbocycles. The fourth-order valence-corrected chi connectivity index (χ4v) is 6.65. The molecule has 0 spiro atoms. The standard InChI is InChI=1S/C34H44/c1-31(2,3)22-11-13-25-26-14-12-23(32(4,5)6)19-28(26)30(27(25)18-22)34(10)16-15-21-17-24(20-29(21)34)33(7,8)9/h11-14,18-20,30H,15-17H2,1-10H3. The molecule has 0 amide bonds. The Morgan fingerprint density at radius 1 is 0.706 bits per heavy atom. The van der Waals surface area contributed by atoms with Crippen molar-refractivity contribution in [3.8, 4) is 11.1 Å². The first kappa shape index (κ1) is 23.7. The lowest BCUT2D eigenvalue weighted by molar-refractivity contribution is 0.352. The van der Waals surface area contributed by atoms with Crippen molar-refractivity contribution < 1.29 is 0 Å². The van der Waals surface area contributed by atoms with Gasteiger partial charge >= 0.3 is 0 Å². The number of hydrogen-bond acceptors (Lipinski definition) is 0. The van der Waals surface area contributed by atoms with Crippen molar-refractivity contribution in [3.63, 3.8) is 0 Å². The van der Waals surface area contributed by atoms with E-state index in [-0.39, 0.29) is 21.7 Å². The highest BCUT2D eigenvalue weighted by Crippen LogP contribution is 2.63. The van der Waals surface area contributed by atoms with Gasteiger partial charge in [-0.05, 0) is 74.5 Å². The molecule has 0 nitrogen and oxygen atoms in total. The van der Waals surface area contributed by atoms with Crippen LogP contribution in [0.3, 0.4) is 0 Å². The number of benzene rings is 2. The predicted molar refractivity (Wildman–Crippen MR) is 148 cm³/mol. The van der Waals surface area contributed by atoms with E-state index < -0.39 is 0 Å². The highest BCUT2D eigenvalue weighted by molar-refractivity contribution is 5.81. The minimum Gasteiger partial charge on any atom is -0.0623 e. The molecule has 180 valence electrons. The third-order valence-electron chi connectivity index (χ3n) is 9.01. The molecule has 0 fully saturated rings. The third-order valence-corrected chi connectivity index (χ3v) is 9.01. The Hall–Kier alpha value is -2.08. The molecule has 5 rings (SSSR count). The molecule has 0 heterocycles. The van der Waals surface area contributed by atoms with E-state index in [9.17, 15) is 0 Å². The molecule has 0 aromatic heterocycles. The summed E-state index contributed by atoms with van der Waals surface area (Å²) in [6, 6.07) is 14.7. The van der Waals surface area contributed by atoms with Crippen LogP contribution in [0.25, 0.3) is 11.1 Å². The van der Waals surface area contributed by atoms with Gasteiger partial charge in [-0.25, -0.2) is 0 Å². The molecule has 0 aliphatic heterocycles. The zero-order chi connectivity index (χ0) is 24.8. The van der Waals surface area contributed by atoms with Gasteiger partial charge in [0.15, 0.2) is 0 Å². The largest absolute Gasteiger partial charge is 0.0623 e. The van der Waals surface area contributed by atoms with Crippen molar-refractivity contribution >= 4 is 0 Å². The van der Waals surface area contributed by atoms with Gasteiger partial charge in [0.25, 0.3) is 0 Å². The van der Waals surface area contributed by atoms with E-state index in [0.717, 1.165) is 0 Å². The second-order valence-electron chi connectivity index (χ2n) is 14.6. The van der Waals surface area contributed by atoms with E-state index in [2.05, 4.69) is 112 Å². The maximum atomic E-state index is 2.61. The summed E-state index contributed by atoms with van der Waals surface area (Å²) < 4.78 is 0. The van der Waals surface area contributed by atoms with Gasteiger partial charge in [-0.1, -0.05) is 123 Å². The molecule has 0 heteroatoms. The molecule has 1 unspecified atom stereocenters. The van der Waals surface area contributed by atoms with Crippen LogP contribution in [0.1, 0.15) is 117 Å². The summed E-state index contributed by atoms with van der Waals surface area (Å²) in [5.41, 5.74) is 14.6. The topological polar surface area (TPSA) is 0 Å². The second-order valence-corrected chi connectivity index (χ2v) is 14.6. The fourth-order valence-electron chi connectivity index (χ4n) is 6.65. The summed E-state index contributed by atoms with van der Waals surface area (Å²) >= 11 is 0. The Balaban J connectivity index is 1.73. The number of hydrogen-bond donors (Lipinski definition) is 0. The van der Waals surface area contributed by atoms with Gasteiger partial charge in [-0.15, -0.1) is 0 Å². The highest BCUT2D eigenvalue weighted by Gasteiger charge is 2.49. The highest BCUT2D eigenvalue weighted by atomic mass is 14.5. The first-order chi connectivity index (χ1) is 15.6. The second kappa shape index (κ2) is 7.22. The van der Waals surface area contributed by atoms with E-state index >= 15 is 0 Å². The molecule has 0 saturated heterocycles. The van der Waals surface area contributed by atoms with E-state index in [1.807, 2.05) is 0 Å². The predicted octanol–water partition coefficient (Wildman–Crippen LogP) is 9.87. The van der Waals surface area contributed by atoms with Gasteiger partial charge in [0, 0.05) is 11.3 Å². The van der Waals surface area contributed by atoms with Crippen LogP contribution in [-0.2, 0) is 10.8 Å². The monoisotopic (exact) mass is 452 g/mol. The maximum Gasteiger partial charge on any atom is 0.0196 e. The smallest absolute Gasteiger partial charge is 0.0196 e. The molecular formula is C34H44. The maximum absolute atomic E-state index is 2.61. The van der Waals surface area contributed by atoms with Gasteiger partial charge in [0.2, 0.25) is 0 Å². The zero-order valence-corrected chi connectivity index (χ0v) is 23.2. The average Bonchev–Trinajstić information content (AvgIpc) is 3.37. The Labute approximate surface area is 208 Å². The van der Waals surface area contributed by atoms with Crippen molar-refractivity contribution in [2.45, 2.75) is 105 Å². The first-order valence-corrected chi connectivity index (χ1v) is 13.3. The van der Waals surface area contributed by atoms with E-state index in [4.69, 9.17) is 0 Å². The Bertz CT molecular complexity index is 1160. The van der Waals surface area contributed by atoms with Crippen molar-refractivity contribution in [2.75, 3.05) is 0 Å². The summed E-state index contributed by atoms with van der Waals surface area (Å²) in [4.78, 5) is 0. The van der Waals surface area contributed by atoms with Crippen LogP contribution >= 0.6 is 0 Å². The number of allylic oxidation sites excluding steroid dienone is 4. The summed E-state index contributed by atoms with van der Waals surface area (Å²) in [6.07, 6.45) is 6.31. The van der Waals surface area contributed by atoms with Gasteiger partial charge in [-0.2, -0.15) is 0 Å². The van der Waals surface area contributed by atoms with Crippen LogP contribution in [0.15, 0.2) is 59.2 Å². The summed E-state index contributed by atoms with van der Waals surface area (Å²) in [5.74, 6) is 0.421. The molecule has 2 aromatic rings. The normalized spacial score (nSPS) is 22.7. The molecule has 34 heavy (non-hydrogen) atoms. The van der Waals surface area contributed by atoms with Crippen molar-refractivity contribution in [2.24, 2.45) is 10.8 Å². The molecule has 0 radical (unpaired) electrons. The number of fused-ring (bicyclic) bond motifs is 3. The molecular weight excluding hydrogens is 408 g/mol. The van der Waals surface area contributed by atoms with E-state index in [0.29, 0.717) is 5.92 Å². The van der Waals surface area contributed by atoms with Gasteiger partial charge < -0.3 is 0 Å².